The Balaban J connectivity index is 1.46. The number of benzene rings is 2. The molecule has 5 nitrogen and oxygen atoms in total. The van der Waals surface area contributed by atoms with Crippen molar-refractivity contribution in [3.63, 3.8) is 0 Å². The van der Waals surface area contributed by atoms with Crippen molar-refractivity contribution in [3.05, 3.63) is 102 Å². The molecule has 0 saturated heterocycles. The molecule has 30 heavy (non-hydrogen) atoms. The molecule has 0 aliphatic carbocycles. The molecule has 2 aromatic carbocycles. The summed E-state index contributed by atoms with van der Waals surface area (Å²) in [5, 5.41) is 7.58. The van der Waals surface area contributed by atoms with E-state index >= 15 is 0 Å². The lowest BCUT2D eigenvalue weighted by Gasteiger charge is -2.18. The molecule has 0 aliphatic rings. The summed E-state index contributed by atoms with van der Waals surface area (Å²) in [7, 11) is 3.77. The summed E-state index contributed by atoms with van der Waals surface area (Å²) in [6, 6.07) is 26.7. The first kappa shape index (κ1) is 19.7. The fourth-order valence-electron chi connectivity index (χ4n) is 3.85. The first-order valence-electron chi connectivity index (χ1n) is 10.2. The van der Waals surface area contributed by atoms with Crippen molar-refractivity contribution in [2.75, 3.05) is 6.54 Å². The molecule has 0 aliphatic heterocycles. The van der Waals surface area contributed by atoms with Gasteiger partial charge >= 0.3 is 0 Å². The Bertz CT molecular complexity index is 1070. The van der Waals surface area contributed by atoms with Gasteiger partial charge in [-0.05, 0) is 35.7 Å². The smallest absolute Gasteiger partial charge is 0.269 e. The van der Waals surface area contributed by atoms with Crippen LogP contribution in [0.5, 0.6) is 0 Å². The van der Waals surface area contributed by atoms with E-state index in [1.807, 2.05) is 48.1 Å². The van der Waals surface area contributed by atoms with Crippen LogP contribution in [0.2, 0.25) is 0 Å². The highest BCUT2D eigenvalue weighted by Gasteiger charge is 2.17. The Labute approximate surface area is 177 Å². The second-order valence-corrected chi connectivity index (χ2v) is 7.46. The van der Waals surface area contributed by atoms with Gasteiger partial charge in [0.15, 0.2) is 0 Å². The van der Waals surface area contributed by atoms with E-state index in [0.29, 0.717) is 12.2 Å². The molecule has 0 radical (unpaired) electrons. The number of hydrogen-bond acceptors (Lipinski definition) is 2. The minimum absolute atomic E-state index is 0.106. The Morgan fingerprint density at radius 2 is 1.57 bits per heavy atom. The van der Waals surface area contributed by atoms with E-state index in [1.165, 1.54) is 11.1 Å². The predicted octanol–water partition coefficient (Wildman–Crippen LogP) is 4.38. The summed E-state index contributed by atoms with van der Waals surface area (Å²) in [6.07, 6.45) is 2.79. The molecule has 5 heteroatoms. The first-order valence-corrected chi connectivity index (χ1v) is 10.2. The van der Waals surface area contributed by atoms with Gasteiger partial charge in [0.05, 0.1) is 5.69 Å². The van der Waals surface area contributed by atoms with Gasteiger partial charge in [-0.25, -0.2) is 0 Å². The van der Waals surface area contributed by atoms with Crippen molar-refractivity contribution in [3.8, 4) is 11.4 Å². The zero-order valence-corrected chi connectivity index (χ0v) is 17.3. The third kappa shape index (κ3) is 4.20. The molecule has 1 amide bonds. The van der Waals surface area contributed by atoms with Crippen molar-refractivity contribution in [1.29, 1.82) is 0 Å². The maximum absolute atomic E-state index is 12.8. The molecule has 152 valence electrons. The Kier molecular flexibility index (Phi) is 5.80. The lowest BCUT2D eigenvalue weighted by molar-refractivity contribution is 0.0943. The predicted molar refractivity (Wildman–Crippen MR) is 119 cm³/mol. The molecule has 0 atom stereocenters. The third-order valence-corrected chi connectivity index (χ3v) is 5.44. The SMILES string of the molecule is Cn1cccc1-c1cc(C(=O)NCCC(c2ccccc2)c2ccccc2)n(C)n1. The largest absolute Gasteiger partial charge is 0.351 e. The lowest BCUT2D eigenvalue weighted by Crippen LogP contribution is -2.27. The second kappa shape index (κ2) is 8.82. The van der Waals surface area contributed by atoms with E-state index in [0.717, 1.165) is 17.8 Å². The van der Waals surface area contributed by atoms with Gasteiger partial charge in [-0.3, -0.25) is 9.48 Å². The molecule has 0 saturated carbocycles. The van der Waals surface area contributed by atoms with Crippen LogP contribution in [0.4, 0.5) is 0 Å². The number of nitrogens with zero attached hydrogens (tertiary/aromatic N) is 3. The maximum atomic E-state index is 12.8. The third-order valence-electron chi connectivity index (χ3n) is 5.44. The topological polar surface area (TPSA) is 51.9 Å². The molecule has 4 aromatic rings. The number of hydrogen-bond donors (Lipinski definition) is 1. The van der Waals surface area contributed by atoms with E-state index in [2.05, 4.69) is 58.9 Å². The van der Waals surface area contributed by atoms with Gasteiger partial charge in [-0.15, -0.1) is 0 Å². The van der Waals surface area contributed by atoms with Gasteiger partial charge in [0, 0.05) is 32.8 Å². The molecule has 0 unspecified atom stereocenters. The van der Waals surface area contributed by atoms with Gasteiger partial charge in [0.1, 0.15) is 11.4 Å². The Hall–Kier alpha value is -3.60. The van der Waals surface area contributed by atoms with Crippen LogP contribution in [-0.2, 0) is 14.1 Å². The molecule has 2 heterocycles. The molecule has 4 rings (SSSR count). The number of rotatable bonds is 7. The van der Waals surface area contributed by atoms with Gasteiger partial charge in [0.2, 0.25) is 0 Å². The summed E-state index contributed by atoms with van der Waals surface area (Å²) in [4.78, 5) is 12.8. The standard InChI is InChI=1S/C25H26N4O/c1-28-17-9-14-23(28)22-18-24(29(2)27-22)25(30)26-16-15-21(19-10-5-3-6-11-19)20-12-7-4-8-13-20/h3-14,17-18,21H,15-16H2,1-2H3,(H,26,30). The summed E-state index contributed by atoms with van der Waals surface area (Å²) < 4.78 is 3.64. The van der Waals surface area contributed by atoms with Crippen LogP contribution < -0.4 is 5.32 Å². The summed E-state index contributed by atoms with van der Waals surface area (Å²) in [5.41, 5.74) is 4.84. The fourth-order valence-corrected chi connectivity index (χ4v) is 3.85. The average Bonchev–Trinajstić information content (AvgIpc) is 3.37. The summed E-state index contributed by atoms with van der Waals surface area (Å²) in [5.74, 6) is 0.128. The van der Waals surface area contributed by atoms with Gasteiger partial charge < -0.3 is 9.88 Å². The number of carbonyl (C=O) groups excluding carboxylic acids is 1. The molecule has 0 fully saturated rings. The van der Waals surface area contributed by atoms with Crippen LogP contribution in [0.15, 0.2) is 85.1 Å². The van der Waals surface area contributed by atoms with Crippen molar-refractivity contribution in [1.82, 2.24) is 19.7 Å². The van der Waals surface area contributed by atoms with E-state index in [4.69, 9.17) is 0 Å². The zero-order valence-electron chi connectivity index (χ0n) is 17.3. The molecule has 1 N–H and O–H groups in total. The number of aromatic nitrogens is 3. The average molecular weight is 399 g/mol. The van der Waals surface area contributed by atoms with E-state index in [1.54, 1.807) is 11.7 Å². The van der Waals surface area contributed by atoms with Gasteiger partial charge in [0.25, 0.3) is 5.91 Å². The van der Waals surface area contributed by atoms with Crippen LogP contribution in [0, 0.1) is 0 Å². The van der Waals surface area contributed by atoms with Crippen molar-refractivity contribution in [2.45, 2.75) is 12.3 Å². The summed E-state index contributed by atoms with van der Waals surface area (Å²) in [6.45, 7) is 0.581. The number of carbonyl (C=O) groups is 1. The van der Waals surface area contributed by atoms with Crippen molar-refractivity contribution >= 4 is 5.91 Å². The molecule has 0 bridgehead atoms. The van der Waals surface area contributed by atoms with Crippen LogP contribution in [0.25, 0.3) is 11.4 Å². The van der Waals surface area contributed by atoms with E-state index in [-0.39, 0.29) is 11.8 Å². The van der Waals surface area contributed by atoms with Crippen molar-refractivity contribution in [2.24, 2.45) is 14.1 Å². The maximum Gasteiger partial charge on any atom is 0.269 e. The fraction of sp³-hybridized carbons (Fsp3) is 0.200. The number of nitrogens with one attached hydrogen (secondary N) is 1. The second-order valence-electron chi connectivity index (χ2n) is 7.46. The van der Waals surface area contributed by atoms with Crippen molar-refractivity contribution < 1.29 is 4.79 Å². The van der Waals surface area contributed by atoms with Gasteiger partial charge in [-0.1, -0.05) is 60.7 Å². The normalized spacial score (nSPS) is 11.0. The minimum atomic E-state index is -0.106. The van der Waals surface area contributed by atoms with Gasteiger partial charge in [-0.2, -0.15) is 5.10 Å². The monoisotopic (exact) mass is 398 g/mol. The van der Waals surface area contributed by atoms with Crippen LogP contribution >= 0.6 is 0 Å². The minimum Gasteiger partial charge on any atom is -0.351 e. The molecular weight excluding hydrogens is 372 g/mol. The van der Waals surface area contributed by atoms with E-state index < -0.39 is 0 Å². The Morgan fingerprint density at radius 3 is 2.13 bits per heavy atom. The first-order chi connectivity index (χ1) is 14.6. The lowest BCUT2D eigenvalue weighted by atomic mass is 9.88. The number of amides is 1. The molecular formula is C25H26N4O. The Morgan fingerprint density at radius 1 is 0.933 bits per heavy atom. The quantitative estimate of drug-likeness (QED) is 0.502. The molecule has 2 aromatic heterocycles. The van der Waals surface area contributed by atoms with Crippen LogP contribution in [-0.4, -0.2) is 26.8 Å². The summed E-state index contributed by atoms with van der Waals surface area (Å²) >= 11 is 0. The highest BCUT2D eigenvalue weighted by molar-refractivity contribution is 5.93. The van der Waals surface area contributed by atoms with E-state index in [9.17, 15) is 4.79 Å². The van der Waals surface area contributed by atoms with Crippen LogP contribution in [0.1, 0.15) is 34.0 Å². The number of aryl methyl sites for hydroxylation is 2. The van der Waals surface area contributed by atoms with Crippen LogP contribution in [0.3, 0.4) is 0 Å². The highest BCUT2D eigenvalue weighted by atomic mass is 16.2. The molecule has 0 spiro atoms. The highest BCUT2D eigenvalue weighted by Crippen LogP contribution is 2.27. The zero-order chi connectivity index (χ0) is 20.9.